The summed E-state index contributed by atoms with van der Waals surface area (Å²) in [5, 5.41) is 13.8. The highest BCUT2D eigenvalue weighted by Gasteiger charge is 2.24. The molecular weight excluding hydrogens is 647 g/mol. The molecule has 0 aromatic carbocycles. The Hall–Kier alpha value is -1.54. The lowest BCUT2D eigenvalue weighted by Crippen LogP contribution is -2.46. The molecule has 50 heavy (non-hydrogen) atoms. The van der Waals surface area contributed by atoms with Gasteiger partial charge in [-0.2, -0.15) is 0 Å². The van der Waals surface area contributed by atoms with E-state index >= 15 is 0 Å². The number of hydrogen-bond donors (Lipinski definition) is 2. The highest BCUT2D eigenvalue weighted by molar-refractivity contribution is 7.45. The molecule has 0 rings (SSSR count). The van der Waals surface area contributed by atoms with E-state index in [1.165, 1.54) is 51.4 Å². The van der Waals surface area contributed by atoms with Crippen LogP contribution in [0, 0.1) is 0 Å². The SMILES string of the molecule is CC/C=C\C/C=C\C/C=C\C/C=C\CCCCCCCCC(=O)NC(COP(=O)([O-])OCC[N+](C)(C)C)C(O)CCCCCCCCCCC. The van der Waals surface area contributed by atoms with E-state index in [0.717, 1.165) is 77.0 Å². The van der Waals surface area contributed by atoms with Gasteiger partial charge in [0.15, 0.2) is 0 Å². The van der Waals surface area contributed by atoms with Crippen LogP contribution in [0.15, 0.2) is 48.6 Å². The minimum absolute atomic E-state index is 0.00668. The number of phosphoric acid groups is 1. The number of aliphatic hydroxyl groups excluding tert-OH is 1. The second-order valence-corrected chi connectivity index (χ2v) is 16.0. The van der Waals surface area contributed by atoms with Gasteiger partial charge in [0.05, 0.1) is 39.9 Å². The van der Waals surface area contributed by atoms with Crippen molar-refractivity contribution >= 4 is 13.7 Å². The van der Waals surface area contributed by atoms with Crippen molar-refractivity contribution in [3.05, 3.63) is 48.6 Å². The number of carbonyl (C=O) groups excluding carboxylic acids is 1. The Bertz CT molecular complexity index is 959. The van der Waals surface area contributed by atoms with Crippen molar-refractivity contribution in [2.75, 3.05) is 40.9 Å². The number of phosphoric ester groups is 1. The summed E-state index contributed by atoms with van der Waals surface area (Å²) in [5.74, 6) is -0.184. The number of unbranched alkanes of at least 4 members (excludes halogenated alkanes) is 14. The molecule has 0 aromatic heterocycles. The fourth-order valence-electron chi connectivity index (χ4n) is 5.38. The maximum atomic E-state index is 12.8. The van der Waals surface area contributed by atoms with Crippen LogP contribution in [-0.4, -0.2) is 68.5 Å². The van der Waals surface area contributed by atoms with Crippen LogP contribution in [0.3, 0.4) is 0 Å². The quantitative estimate of drug-likeness (QED) is 0.0292. The zero-order valence-corrected chi connectivity index (χ0v) is 33.7. The monoisotopic (exact) mass is 725 g/mol. The van der Waals surface area contributed by atoms with E-state index in [4.69, 9.17) is 9.05 Å². The Balaban J connectivity index is 4.39. The average molecular weight is 725 g/mol. The molecule has 0 saturated heterocycles. The third-order valence-corrected chi connectivity index (χ3v) is 9.55. The largest absolute Gasteiger partial charge is 0.756 e. The second kappa shape index (κ2) is 33.3. The van der Waals surface area contributed by atoms with Gasteiger partial charge in [0.2, 0.25) is 5.91 Å². The van der Waals surface area contributed by atoms with E-state index in [2.05, 4.69) is 67.8 Å². The molecule has 0 saturated carbocycles. The molecule has 0 radical (unpaired) electrons. The van der Waals surface area contributed by atoms with Crippen LogP contribution in [-0.2, 0) is 18.4 Å². The molecule has 0 aliphatic carbocycles. The fourth-order valence-corrected chi connectivity index (χ4v) is 6.10. The van der Waals surface area contributed by atoms with Gasteiger partial charge in [0, 0.05) is 6.42 Å². The normalized spacial score (nSPS) is 15.1. The van der Waals surface area contributed by atoms with E-state index < -0.39 is 20.0 Å². The summed E-state index contributed by atoms with van der Waals surface area (Å²) in [6.07, 6.45) is 39.7. The van der Waals surface area contributed by atoms with Gasteiger partial charge in [-0.15, -0.1) is 0 Å². The van der Waals surface area contributed by atoms with Gasteiger partial charge in [0.25, 0.3) is 7.82 Å². The lowest BCUT2D eigenvalue weighted by molar-refractivity contribution is -0.870. The number of amides is 1. The molecule has 0 heterocycles. The van der Waals surface area contributed by atoms with Crippen LogP contribution in [0.1, 0.15) is 155 Å². The lowest BCUT2D eigenvalue weighted by Gasteiger charge is -2.30. The van der Waals surface area contributed by atoms with Gasteiger partial charge in [-0.25, -0.2) is 0 Å². The standard InChI is InChI=1S/C41H77N2O6P/c1-6-8-10-12-14-16-17-18-19-20-21-22-23-24-25-27-29-31-33-35-41(45)42-39(38-49-50(46,47)48-37-36-43(3,4)5)40(44)34-32-30-28-26-15-13-11-9-7-2/h8,10,14,16,18-19,21-22,39-40,44H,6-7,9,11-13,15,17,20,23-38H2,1-5H3,(H-,42,45,46,47)/b10-8-,16-14-,19-18-,22-21-. The zero-order valence-electron chi connectivity index (χ0n) is 32.8. The number of hydrogen-bond acceptors (Lipinski definition) is 6. The number of carbonyl (C=O) groups is 1. The smallest absolute Gasteiger partial charge is 0.268 e. The van der Waals surface area contributed by atoms with Gasteiger partial charge in [-0.1, -0.05) is 146 Å². The van der Waals surface area contributed by atoms with Crippen molar-refractivity contribution in [1.29, 1.82) is 0 Å². The number of nitrogens with one attached hydrogen (secondary N) is 1. The summed E-state index contributed by atoms with van der Waals surface area (Å²) in [6.45, 7) is 4.54. The van der Waals surface area contributed by atoms with Crippen molar-refractivity contribution in [1.82, 2.24) is 5.32 Å². The van der Waals surface area contributed by atoms with Crippen LogP contribution in [0.25, 0.3) is 0 Å². The third-order valence-electron chi connectivity index (χ3n) is 8.58. The average Bonchev–Trinajstić information content (AvgIpc) is 3.06. The first-order valence-electron chi connectivity index (χ1n) is 20.0. The predicted octanol–water partition coefficient (Wildman–Crippen LogP) is 9.89. The van der Waals surface area contributed by atoms with Crippen LogP contribution in [0.4, 0.5) is 0 Å². The molecule has 0 spiro atoms. The second-order valence-electron chi connectivity index (χ2n) is 14.6. The summed E-state index contributed by atoms with van der Waals surface area (Å²) in [7, 11) is 1.28. The number of rotatable bonds is 35. The first-order chi connectivity index (χ1) is 24.0. The minimum Gasteiger partial charge on any atom is -0.756 e. The maximum Gasteiger partial charge on any atom is 0.268 e. The number of aliphatic hydroxyl groups is 1. The Morgan fingerprint density at radius 2 is 1.22 bits per heavy atom. The molecule has 9 heteroatoms. The molecule has 0 aromatic rings. The molecule has 0 fully saturated rings. The fraction of sp³-hybridized carbons (Fsp3) is 0.780. The minimum atomic E-state index is -4.56. The third kappa shape index (κ3) is 34.9. The summed E-state index contributed by atoms with van der Waals surface area (Å²) in [5.41, 5.74) is 0. The van der Waals surface area contributed by atoms with E-state index in [-0.39, 0.29) is 19.1 Å². The van der Waals surface area contributed by atoms with Crippen molar-refractivity contribution in [3.8, 4) is 0 Å². The van der Waals surface area contributed by atoms with E-state index in [1.54, 1.807) is 0 Å². The molecule has 0 aliphatic rings. The van der Waals surface area contributed by atoms with Gasteiger partial charge in [0.1, 0.15) is 13.2 Å². The van der Waals surface area contributed by atoms with Crippen LogP contribution >= 0.6 is 7.82 Å². The molecule has 0 bridgehead atoms. The maximum absolute atomic E-state index is 12.8. The Morgan fingerprint density at radius 3 is 1.78 bits per heavy atom. The van der Waals surface area contributed by atoms with Gasteiger partial charge < -0.3 is 28.8 Å². The molecule has 1 amide bonds. The molecule has 292 valence electrons. The molecule has 8 nitrogen and oxygen atoms in total. The molecule has 0 aliphatic heterocycles. The van der Waals surface area contributed by atoms with Crippen LogP contribution in [0.5, 0.6) is 0 Å². The zero-order chi connectivity index (χ0) is 37.2. The lowest BCUT2D eigenvalue weighted by atomic mass is 10.0. The van der Waals surface area contributed by atoms with E-state index in [9.17, 15) is 19.4 Å². The number of likely N-dealkylation sites (N-methyl/N-ethyl adjacent to an activating group) is 1. The number of quaternary nitrogens is 1. The van der Waals surface area contributed by atoms with Crippen molar-refractivity contribution in [3.63, 3.8) is 0 Å². The summed E-state index contributed by atoms with van der Waals surface area (Å²) in [4.78, 5) is 25.2. The first kappa shape index (κ1) is 48.5. The number of nitrogens with zero attached hydrogens (tertiary/aromatic N) is 1. The molecule has 3 atom stereocenters. The number of allylic oxidation sites excluding steroid dienone is 8. The Kier molecular flexibility index (Phi) is 32.3. The van der Waals surface area contributed by atoms with Gasteiger partial charge in [-0.05, 0) is 51.4 Å². The summed E-state index contributed by atoms with van der Waals surface area (Å²) in [6, 6.07) is -0.806. The molecule has 3 unspecified atom stereocenters. The highest BCUT2D eigenvalue weighted by Crippen LogP contribution is 2.38. The predicted molar refractivity (Wildman–Crippen MR) is 210 cm³/mol. The van der Waals surface area contributed by atoms with E-state index in [1.807, 2.05) is 21.1 Å². The summed E-state index contributed by atoms with van der Waals surface area (Å²) < 4.78 is 23.1. The Labute approximate surface area is 308 Å². The van der Waals surface area contributed by atoms with Crippen LogP contribution in [0.2, 0.25) is 0 Å². The van der Waals surface area contributed by atoms with Crippen molar-refractivity contribution in [2.45, 2.75) is 167 Å². The topological polar surface area (TPSA) is 108 Å². The summed E-state index contributed by atoms with van der Waals surface area (Å²) >= 11 is 0. The molecular formula is C41H77N2O6P. The van der Waals surface area contributed by atoms with Gasteiger partial charge in [-0.3, -0.25) is 9.36 Å². The first-order valence-corrected chi connectivity index (χ1v) is 21.4. The molecule has 2 N–H and O–H groups in total. The van der Waals surface area contributed by atoms with Crippen molar-refractivity contribution in [2.24, 2.45) is 0 Å². The Morgan fingerprint density at radius 1 is 0.720 bits per heavy atom. The van der Waals surface area contributed by atoms with E-state index in [0.29, 0.717) is 23.9 Å². The van der Waals surface area contributed by atoms with Crippen LogP contribution < -0.4 is 10.2 Å². The van der Waals surface area contributed by atoms with Gasteiger partial charge >= 0.3 is 0 Å². The van der Waals surface area contributed by atoms with Crippen molar-refractivity contribution < 1.29 is 32.9 Å². The highest BCUT2D eigenvalue weighted by atomic mass is 31.2.